The molecule has 0 saturated heterocycles. The Hall–Kier alpha value is -1.45. The highest BCUT2D eigenvalue weighted by Crippen LogP contribution is 2.30. The third-order valence-corrected chi connectivity index (χ3v) is 3.69. The zero-order chi connectivity index (χ0) is 14.2. The van der Waals surface area contributed by atoms with Gasteiger partial charge in [0.2, 0.25) is 0 Å². The minimum Gasteiger partial charge on any atom is -0.320 e. The molecule has 0 bridgehead atoms. The molecule has 19 heavy (non-hydrogen) atoms. The van der Waals surface area contributed by atoms with Gasteiger partial charge in [0.05, 0.1) is 6.04 Å². The van der Waals surface area contributed by atoms with Gasteiger partial charge in [0, 0.05) is 16.7 Å². The number of nitrogens with two attached hydrogens (primary N) is 1. The third-order valence-electron chi connectivity index (χ3n) is 3.17. The molecule has 4 heteroatoms. The smallest absolute Gasteiger partial charge is 0.131 e. The van der Waals surface area contributed by atoms with Crippen molar-refractivity contribution in [3.63, 3.8) is 0 Å². The molecule has 1 nitrogen and oxygen atoms in total. The molecule has 2 N–H and O–H groups in total. The Bertz CT molecular complexity index is 626. The molecule has 0 heterocycles. The molecule has 2 aromatic carbocycles. The normalized spacial score (nSPS) is 12.5. The van der Waals surface area contributed by atoms with Gasteiger partial charge >= 0.3 is 0 Å². The van der Waals surface area contributed by atoms with E-state index in [0.29, 0.717) is 16.1 Å². The molecule has 0 aliphatic rings. The monoisotopic (exact) mass is 281 g/mol. The minimum atomic E-state index is -0.716. The summed E-state index contributed by atoms with van der Waals surface area (Å²) in [6.07, 6.45) is 0. The number of hydrogen-bond donors (Lipinski definition) is 1. The molecule has 2 aromatic rings. The van der Waals surface area contributed by atoms with Gasteiger partial charge in [0.15, 0.2) is 0 Å². The van der Waals surface area contributed by atoms with Crippen LogP contribution in [0.15, 0.2) is 30.3 Å². The summed E-state index contributed by atoms with van der Waals surface area (Å²) in [6.45, 7) is 3.42. The van der Waals surface area contributed by atoms with Gasteiger partial charge in [-0.3, -0.25) is 0 Å². The van der Waals surface area contributed by atoms with Crippen LogP contribution in [0.4, 0.5) is 8.78 Å². The lowest BCUT2D eigenvalue weighted by Gasteiger charge is -2.17. The van der Waals surface area contributed by atoms with Crippen molar-refractivity contribution in [2.75, 3.05) is 0 Å². The van der Waals surface area contributed by atoms with E-state index in [-0.39, 0.29) is 5.56 Å². The van der Waals surface area contributed by atoms with E-state index in [0.717, 1.165) is 11.6 Å². The van der Waals surface area contributed by atoms with Crippen molar-refractivity contribution in [1.82, 2.24) is 0 Å². The van der Waals surface area contributed by atoms with Crippen LogP contribution in [-0.2, 0) is 0 Å². The number of aryl methyl sites for hydroxylation is 2. The summed E-state index contributed by atoms with van der Waals surface area (Å²) in [7, 11) is 0. The molecule has 100 valence electrons. The molecule has 2 rings (SSSR count). The Balaban J connectivity index is 2.53. The first kappa shape index (κ1) is 14.0. The molecule has 1 atom stereocenters. The lowest BCUT2D eigenvalue weighted by Crippen LogP contribution is -2.15. The van der Waals surface area contributed by atoms with Crippen molar-refractivity contribution >= 4 is 11.6 Å². The summed E-state index contributed by atoms with van der Waals surface area (Å²) < 4.78 is 27.1. The molecule has 0 radical (unpaired) electrons. The van der Waals surface area contributed by atoms with Crippen molar-refractivity contribution in [3.8, 4) is 0 Å². The van der Waals surface area contributed by atoms with Crippen LogP contribution in [0.3, 0.4) is 0 Å². The zero-order valence-corrected chi connectivity index (χ0v) is 11.4. The fourth-order valence-electron chi connectivity index (χ4n) is 2.00. The van der Waals surface area contributed by atoms with Crippen LogP contribution in [0.5, 0.6) is 0 Å². The number of benzene rings is 2. The van der Waals surface area contributed by atoms with Crippen LogP contribution in [0.1, 0.15) is 28.3 Å². The Kier molecular flexibility index (Phi) is 3.88. The number of halogens is 3. The Morgan fingerprint density at radius 1 is 1.00 bits per heavy atom. The van der Waals surface area contributed by atoms with E-state index in [1.54, 1.807) is 13.0 Å². The van der Waals surface area contributed by atoms with E-state index in [9.17, 15) is 8.78 Å². The summed E-state index contributed by atoms with van der Waals surface area (Å²) >= 11 is 6.18. The predicted molar refractivity (Wildman–Crippen MR) is 73.3 cm³/mol. The second-order valence-electron chi connectivity index (χ2n) is 4.58. The first-order chi connectivity index (χ1) is 8.91. The Morgan fingerprint density at radius 3 is 2.37 bits per heavy atom. The molecule has 0 aromatic heterocycles. The van der Waals surface area contributed by atoms with Crippen molar-refractivity contribution in [2.24, 2.45) is 5.73 Å². The highest BCUT2D eigenvalue weighted by Gasteiger charge is 2.18. The molecule has 1 unspecified atom stereocenters. The summed E-state index contributed by atoms with van der Waals surface area (Å²) in [5.74, 6) is -1.24. The van der Waals surface area contributed by atoms with E-state index >= 15 is 0 Å². The largest absolute Gasteiger partial charge is 0.320 e. The SMILES string of the molecule is Cc1cc(C(N)c2cccc(C)c2Cl)c(F)cc1F. The van der Waals surface area contributed by atoms with Crippen molar-refractivity contribution in [2.45, 2.75) is 19.9 Å². The lowest BCUT2D eigenvalue weighted by molar-refractivity contribution is 0.561. The molecular formula is C15H14ClF2N. The van der Waals surface area contributed by atoms with Crippen LogP contribution in [0.25, 0.3) is 0 Å². The fourth-order valence-corrected chi connectivity index (χ4v) is 2.24. The van der Waals surface area contributed by atoms with Gasteiger partial charge < -0.3 is 5.73 Å². The lowest BCUT2D eigenvalue weighted by atomic mass is 9.96. The van der Waals surface area contributed by atoms with Crippen LogP contribution in [0.2, 0.25) is 5.02 Å². The summed E-state index contributed by atoms with van der Waals surface area (Å²) in [5, 5.41) is 0.511. The van der Waals surface area contributed by atoms with Crippen molar-refractivity contribution in [1.29, 1.82) is 0 Å². The van der Waals surface area contributed by atoms with Gasteiger partial charge in [0.1, 0.15) is 11.6 Å². The average Bonchev–Trinajstić information content (AvgIpc) is 2.36. The van der Waals surface area contributed by atoms with E-state index in [2.05, 4.69) is 0 Å². The van der Waals surface area contributed by atoms with E-state index in [1.165, 1.54) is 6.07 Å². The molecule has 0 aliphatic heterocycles. The zero-order valence-electron chi connectivity index (χ0n) is 10.7. The maximum Gasteiger partial charge on any atom is 0.131 e. The average molecular weight is 282 g/mol. The fraction of sp³-hybridized carbons (Fsp3) is 0.200. The molecular weight excluding hydrogens is 268 g/mol. The third kappa shape index (κ3) is 2.62. The molecule has 0 amide bonds. The quantitative estimate of drug-likeness (QED) is 0.873. The van der Waals surface area contributed by atoms with E-state index in [4.69, 9.17) is 17.3 Å². The predicted octanol–water partition coefficient (Wildman–Crippen LogP) is 4.28. The van der Waals surface area contributed by atoms with Gasteiger partial charge in [-0.1, -0.05) is 29.8 Å². The molecule has 0 aliphatic carbocycles. The van der Waals surface area contributed by atoms with Gasteiger partial charge in [-0.15, -0.1) is 0 Å². The van der Waals surface area contributed by atoms with Crippen molar-refractivity contribution < 1.29 is 8.78 Å². The molecule has 0 spiro atoms. The number of rotatable bonds is 2. The van der Waals surface area contributed by atoms with E-state index in [1.807, 2.05) is 19.1 Å². The summed E-state index contributed by atoms with van der Waals surface area (Å²) in [6, 6.07) is 6.97. The topological polar surface area (TPSA) is 26.0 Å². The second kappa shape index (κ2) is 5.27. The first-order valence-electron chi connectivity index (χ1n) is 5.88. The standard InChI is InChI=1S/C15H14ClF2N/c1-8-4-3-5-10(14(8)16)15(19)11-6-9(2)12(17)7-13(11)18/h3-7,15H,19H2,1-2H3. The van der Waals surface area contributed by atoms with Crippen molar-refractivity contribution in [3.05, 3.63) is 69.2 Å². The highest BCUT2D eigenvalue weighted by molar-refractivity contribution is 6.32. The minimum absolute atomic E-state index is 0.242. The number of hydrogen-bond acceptors (Lipinski definition) is 1. The van der Waals surface area contributed by atoms with Gasteiger partial charge in [0.25, 0.3) is 0 Å². The van der Waals surface area contributed by atoms with Crippen LogP contribution >= 0.6 is 11.6 Å². The summed E-state index contributed by atoms with van der Waals surface area (Å²) in [4.78, 5) is 0. The van der Waals surface area contributed by atoms with Crippen LogP contribution in [-0.4, -0.2) is 0 Å². The maximum absolute atomic E-state index is 13.8. The second-order valence-corrected chi connectivity index (χ2v) is 4.96. The Labute approximate surface area is 116 Å². The van der Waals surface area contributed by atoms with Gasteiger partial charge in [-0.05, 0) is 36.6 Å². The highest BCUT2D eigenvalue weighted by atomic mass is 35.5. The summed E-state index contributed by atoms with van der Waals surface area (Å²) in [5.41, 5.74) is 8.16. The van der Waals surface area contributed by atoms with Gasteiger partial charge in [-0.2, -0.15) is 0 Å². The van der Waals surface area contributed by atoms with E-state index < -0.39 is 17.7 Å². The van der Waals surface area contributed by atoms with Crippen LogP contribution in [0, 0.1) is 25.5 Å². The maximum atomic E-state index is 13.8. The molecule has 0 saturated carbocycles. The van der Waals surface area contributed by atoms with Crippen LogP contribution < -0.4 is 5.73 Å². The Morgan fingerprint density at radius 2 is 1.68 bits per heavy atom. The van der Waals surface area contributed by atoms with Gasteiger partial charge in [-0.25, -0.2) is 8.78 Å². The first-order valence-corrected chi connectivity index (χ1v) is 6.25. The molecule has 0 fully saturated rings.